The van der Waals surface area contributed by atoms with E-state index in [1.165, 1.54) is 0 Å². The van der Waals surface area contributed by atoms with Crippen molar-refractivity contribution in [3.63, 3.8) is 0 Å². The van der Waals surface area contributed by atoms with Gasteiger partial charge < -0.3 is 5.32 Å². The minimum atomic E-state index is -0.230. The molecular weight excluding hydrogens is 321 g/mol. The summed E-state index contributed by atoms with van der Waals surface area (Å²) in [6, 6.07) is 11.9. The summed E-state index contributed by atoms with van der Waals surface area (Å²) >= 11 is 11.8. The fourth-order valence-corrected chi connectivity index (χ4v) is 2.91. The predicted molar refractivity (Wildman–Crippen MR) is 88.1 cm³/mol. The lowest BCUT2D eigenvalue weighted by Crippen LogP contribution is -2.06. The molecule has 5 heteroatoms. The van der Waals surface area contributed by atoms with Crippen LogP contribution in [0.15, 0.2) is 54.1 Å². The summed E-state index contributed by atoms with van der Waals surface area (Å²) in [4.78, 5) is 24.4. The zero-order chi connectivity index (χ0) is 15.7. The van der Waals surface area contributed by atoms with Crippen LogP contribution in [0.4, 0.5) is 5.69 Å². The van der Waals surface area contributed by atoms with Crippen LogP contribution in [-0.2, 0) is 0 Å². The van der Waals surface area contributed by atoms with Gasteiger partial charge in [0.05, 0.1) is 5.57 Å². The van der Waals surface area contributed by atoms with Crippen LogP contribution >= 0.6 is 23.2 Å². The number of Topliss-reactive ketones (excluding diaryl/α,β-unsaturated/α-hetero) is 2. The molecule has 0 saturated carbocycles. The van der Waals surface area contributed by atoms with Crippen molar-refractivity contribution >= 4 is 40.5 Å². The summed E-state index contributed by atoms with van der Waals surface area (Å²) in [5, 5.41) is 4.10. The number of benzene rings is 2. The fraction of sp³-hybridized carbons (Fsp3) is 0.0588. The first-order chi connectivity index (χ1) is 10.6. The molecule has 0 unspecified atom stereocenters. The number of carbonyl (C=O) groups is 2. The third-order valence-electron chi connectivity index (χ3n) is 3.38. The van der Waals surface area contributed by atoms with Crippen LogP contribution in [0.5, 0.6) is 0 Å². The van der Waals surface area contributed by atoms with E-state index in [2.05, 4.69) is 5.32 Å². The number of fused-ring (bicyclic) bond motifs is 1. The van der Waals surface area contributed by atoms with Gasteiger partial charge in [-0.15, -0.1) is 0 Å². The fourth-order valence-electron chi connectivity index (χ4n) is 2.38. The molecule has 0 radical (unpaired) electrons. The van der Waals surface area contributed by atoms with Crippen molar-refractivity contribution in [3.05, 3.63) is 75.3 Å². The number of hydrogen-bond donors (Lipinski definition) is 1. The second-order valence-electron chi connectivity index (χ2n) is 4.86. The van der Waals surface area contributed by atoms with Gasteiger partial charge in [0.1, 0.15) is 0 Å². The highest BCUT2D eigenvalue weighted by atomic mass is 35.5. The van der Waals surface area contributed by atoms with Crippen molar-refractivity contribution in [1.29, 1.82) is 0 Å². The Morgan fingerprint density at radius 3 is 2.00 bits per heavy atom. The van der Waals surface area contributed by atoms with Crippen molar-refractivity contribution < 1.29 is 9.59 Å². The molecule has 110 valence electrons. The summed E-state index contributed by atoms with van der Waals surface area (Å²) in [5.41, 5.74) is 1.85. The highest BCUT2D eigenvalue weighted by Gasteiger charge is 2.32. The molecule has 2 aromatic carbocycles. The van der Waals surface area contributed by atoms with Gasteiger partial charge in [-0.3, -0.25) is 9.59 Å². The van der Waals surface area contributed by atoms with E-state index in [9.17, 15) is 9.59 Å². The zero-order valence-electron chi connectivity index (χ0n) is 11.4. The maximum atomic E-state index is 12.2. The molecule has 1 aliphatic carbocycles. The highest BCUT2D eigenvalue weighted by molar-refractivity contribution is 6.39. The van der Waals surface area contributed by atoms with Crippen LogP contribution in [0.2, 0.25) is 10.0 Å². The summed E-state index contributed by atoms with van der Waals surface area (Å²) in [7, 11) is 0. The Morgan fingerprint density at radius 2 is 1.45 bits per heavy atom. The number of allylic oxidation sites excluding steroid dienone is 1. The van der Waals surface area contributed by atoms with Crippen LogP contribution in [0.1, 0.15) is 20.7 Å². The van der Waals surface area contributed by atoms with Crippen LogP contribution in [0, 0.1) is 0 Å². The smallest absolute Gasteiger partial charge is 0.197 e. The molecule has 0 aromatic heterocycles. The Kier molecular flexibility index (Phi) is 4.01. The predicted octanol–water partition coefficient (Wildman–Crippen LogP) is 4.41. The Morgan fingerprint density at radius 1 is 0.909 bits per heavy atom. The minimum Gasteiger partial charge on any atom is -0.381 e. The van der Waals surface area contributed by atoms with E-state index in [4.69, 9.17) is 23.2 Å². The second-order valence-corrected chi connectivity index (χ2v) is 5.73. The number of carbonyl (C=O) groups excluding carboxylic acids is 2. The molecule has 3 rings (SSSR count). The molecule has 0 atom stereocenters. The topological polar surface area (TPSA) is 46.2 Å². The van der Waals surface area contributed by atoms with Gasteiger partial charge in [0.15, 0.2) is 11.6 Å². The van der Waals surface area contributed by atoms with Crippen LogP contribution < -0.4 is 5.32 Å². The van der Waals surface area contributed by atoms with Crippen molar-refractivity contribution in [3.8, 4) is 0 Å². The van der Waals surface area contributed by atoms with E-state index in [0.29, 0.717) is 27.7 Å². The van der Waals surface area contributed by atoms with Gasteiger partial charge in [0.25, 0.3) is 0 Å². The highest BCUT2D eigenvalue weighted by Crippen LogP contribution is 2.26. The Labute approximate surface area is 137 Å². The van der Waals surface area contributed by atoms with E-state index in [-0.39, 0.29) is 17.1 Å². The van der Waals surface area contributed by atoms with Gasteiger partial charge in [-0.25, -0.2) is 0 Å². The van der Waals surface area contributed by atoms with Gasteiger partial charge in [-0.05, 0) is 18.2 Å². The Balaban J connectivity index is 1.77. The molecule has 0 spiro atoms. The van der Waals surface area contributed by atoms with Crippen LogP contribution in [0.3, 0.4) is 0 Å². The summed E-state index contributed by atoms with van der Waals surface area (Å²) < 4.78 is 0. The Hall–Kier alpha value is -2.10. The maximum Gasteiger partial charge on any atom is 0.197 e. The van der Waals surface area contributed by atoms with Gasteiger partial charge in [-0.2, -0.15) is 0 Å². The first kappa shape index (κ1) is 14.8. The van der Waals surface area contributed by atoms with Gasteiger partial charge in [-0.1, -0.05) is 53.5 Å². The van der Waals surface area contributed by atoms with Crippen molar-refractivity contribution in [2.45, 2.75) is 0 Å². The lowest BCUT2D eigenvalue weighted by atomic mass is 10.1. The molecule has 0 heterocycles. The third kappa shape index (κ3) is 2.78. The first-order valence-electron chi connectivity index (χ1n) is 6.65. The number of anilines is 1. The van der Waals surface area contributed by atoms with Crippen LogP contribution in [0.25, 0.3) is 0 Å². The SMILES string of the molecule is O=C1C(=CCNc2cc(Cl)cc(Cl)c2)C(=O)c2ccccc21. The molecule has 0 fully saturated rings. The first-order valence-corrected chi connectivity index (χ1v) is 7.40. The molecule has 0 amide bonds. The monoisotopic (exact) mass is 331 g/mol. The molecule has 0 bridgehead atoms. The number of nitrogens with one attached hydrogen (secondary N) is 1. The summed E-state index contributed by atoms with van der Waals surface area (Å²) in [6.07, 6.45) is 1.60. The zero-order valence-corrected chi connectivity index (χ0v) is 12.9. The van der Waals surface area contributed by atoms with E-state index in [1.807, 2.05) is 0 Å². The van der Waals surface area contributed by atoms with E-state index >= 15 is 0 Å². The van der Waals surface area contributed by atoms with Gasteiger partial charge >= 0.3 is 0 Å². The van der Waals surface area contributed by atoms with E-state index < -0.39 is 0 Å². The molecule has 0 aliphatic heterocycles. The molecule has 0 saturated heterocycles. The van der Waals surface area contributed by atoms with Crippen molar-refractivity contribution in [1.82, 2.24) is 0 Å². The van der Waals surface area contributed by atoms with Crippen molar-refractivity contribution in [2.24, 2.45) is 0 Å². The lowest BCUT2D eigenvalue weighted by molar-refractivity contribution is 0.0988. The van der Waals surface area contributed by atoms with Crippen molar-refractivity contribution in [2.75, 3.05) is 11.9 Å². The van der Waals surface area contributed by atoms with Gasteiger partial charge in [0, 0.05) is 33.4 Å². The van der Waals surface area contributed by atoms with Crippen LogP contribution in [-0.4, -0.2) is 18.1 Å². The normalized spacial score (nSPS) is 13.3. The largest absolute Gasteiger partial charge is 0.381 e. The molecule has 22 heavy (non-hydrogen) atoms. The summed E-state index contributed by atoms with van der Waals surface area (Å²) in [5.74, 6) is -0.460. The Bertz CT molecular complexity index is 755. The average Bonchev–Trinajstić information content (AvgIpc) is 2.72. The minimum absolute atomic E-state index is 0.196. The number of rotatable bonds is 3. The molecule has 1 N–H and O–H groups in total. The second kappa shape index (κ2) is 5.95. The average molecular weight is 332 g/mol. The molecule has 3 nitrogen and oxygen atoms in total. The maximum absolute atomic E-state index is 12.2. The van der Waals surface area contributed by atoms with Gasteiger partial charge in [0.2, 0.25) is 0 Å². The van der Waals surface area contributed by atoms with E-state index in [0.717, 1.165) is 5.69 Å². The quantitative estimate of drug-likeness (QED) is 0.669. The number of ketones is 2. The standard InChI is InChI=1S/C17H11Cl2NO2/c18-10-7-11(19)9-12(8-10)20-6-5-15-16(21)13-3-1-2-4-14(13)17(15)22/h1-5,7-9,20H,6H2. The lowest BCUT2D eigenvalue weighted by Gasteiger charge is -2.05. The molecule has 1 aliphatic rings. The van der Waals surface area contributed by atoms with E-state index in [1.54, 1.807) is 48.5 Å². The molecular formula is C17H11Cl2NO2. The third-order valence-corrected chi connectivity index (χ3v) is 3.82. The molecule has 2 aromatic rings. The summed E-state index contributed by atoms with van der Waals surface area (Å²) in [6.45, 7) is 0.331. The number of hydrogen-bond acceptors (Lipinski definition) is 3. The number of halogens is 2.